The lowest BCUT2D eigenvalue weighted by Crippen LogP contribution is -2.26. The summed E-state index contributed by atoms with van der Waals surface area (Å²) in [5.41, 5.74) is 2.61. The predicted octanol–water partition coefficient (Wildman–Crippen LogP) is 4.50. The Morgan fingerprint density at radius 3 is 2.33 bits per heavy atom. The quantitative estimate of drug-likeness (QED) is 0.842. The van der Waals surface area contributed by atoms with E-state index in [1.165, 1.54) is 24.0 Å². The Morgan fingerprint density at radius 1 is 1.00 bits per heavy atom. The maximum absolute atomic E-state index is 5.49. The molecule has 3 rings (SSSR count). The molecule has 0 radical (unpaired) electrons. The molecule has 0 amide bonds. The van der Waals surface area contributed by atoms with Gasteiger partial charge in [0.25, 0.3) is 0 Å². The van der Waals surface area contributed by atoms with Crippen LogP contribution in [0.25, 0.3) is 0 Å². The number of methoxy groups -OCH3 is 1. The molecular formula is C19H23NO. The number of nitrogens with one attached hydrogen (secondary N) is 1. The molecule has 1 aliphatic carbocycles. The fourth-order valence-corrected chi connectivity index (χ4v) is 2.98. The summed E-state index contributed by atoms with van der Waals surface area (Å²) >= 11 is 0. The number of hydrogen-bond acceptors (Lipinski definition) is 2. The van der Waals surface area contributed by atoms with E-state index in [4.69, 9.17) is 4.74 Å². The maximum Gasteiger partial charge on any atom is 0.123 e. The third-order valence-electron chi connectivity index (χ3n) is 4.29. The SMILES string of the molecule is COc1ccccc1C(C)NC(c1ccccc1)C1CC1. The zero-order chi connectivity index (χ0) is 14.7. The van der Waals surface area contributed by atoms with Crippen LogP contribution in [0.5, 0.6) is 5.75 Å². The predicted molar refractivity (Wildman–Crippen MR) is 86.5 cm³/mol. The second kappa shape index (κ2) is 6.31. The third-order valence-corrected chi connectivity index (χ3v) is 4.29. The van der Waals surface area contributed by atoms with E-state index in [-0.39, 0.29) is 6.04 Å². The van der Waals surface area contributed by atoms with E-state index in [9.17, 15) is 0 Å². The molecule has 2 nitrogen and oxygen atoms in total. The molecule has 110 valence electrons. The average molecular weight is 281 g/mol. The highest BCUT2D eigenvalue weighted by Crippen LogP contribution is 2.42. The summed E-state index contributed by atoms with van der Waals surface area (Å²) in [6.07, 6.45) is 2.65. The van der Waals surface area contributed by atoms with Crippen molar-refractivity contribution in [3.8, 4) is 5.75 Å². The van der Waals surface area contributed by atoms with Crippen molar-refractivity contribution in [2.75, 3.05) is 7.11 Å². The smallest absolute Gasteiger partial charge is 0.123 e. The summed E-state index contributed by atoms with van der Waals surface area (Å²) in [4.78, 5) is 0. The fourth-order valence-electron chi connectivity index (χ4n) is 2.98. The lowest BCUT2D eigenvalue weighted by atomic mass is 9.99. The zero-order valence-corrected chi connectivity index (χ0v) is 12.8. The summed E-state index contributed by atoms with van der Waals surface area (Å²) < 4.78 is 5.49. The van der Waals surface area contributed by atoms with Crippen LogP contribution in [0.4, 0.5) is 0 Å². The molecule has 0 spiro atoms. The molecule has 1 aliphatic rings. The monoisotopic (exact) mass is 281 g/mol. The summed E-state index contributed by atoms with van der Waals surface area (Å²) in [5.74, 6) is 1.73. The standard InChI is InChI=1S/C19H23NO/c1-14(17-10-6-7-11-18(17)21-2)20-19(16-12-13-16)15-8-4-3-5-9-15/h3-11,14,16,19-20H,12-13H2,1-2H3. The van der Waals surface area contributed by atoms with Crippen LogP contribution in [0.1, 0.15) is 43.0 Å². The Kier molecular flexibility index (Phi) is 4.26. The first-order chi connectivity index (χ1) is 10.3. The van der Waals surface area contributed by atoms with Gasteiger partial charge in [-0.1, -0.05) is 48.5 Å². The molecule has 2 unspecified atom stereocenters. The van der Waals surface area contributed by atoms with Gasteiger partial charge in [-0.15, -0.1) is 0 Å². The largest absolute Gasteiger partial charge is 0.496 e. The van der Waals surface area contributed by atoms with E-state index in [1.54, 1.807) is 7.11 Å². The van der Waals surface area contributed by atoms with Gasteiger partial charge in [-0.25, -0.2) is 0 Å². The molecule has 1 saturated carbocycles. The molecule has 0 heterocycles. The molecule has 1 fully saturated rings. The first-order valence-electron chi connectivity index (χ1n) is 7.73. The van der Waals surface area contributed by atoms with Crippen molar-refractivity contribution < 1.29 is 4.74 Å². The Balaban J connectivity index is 1.80. The van der Waals surface area contributed by atoms with Crippen molar-refractivity contribution in [1.82, 2.24) is 5.32 Å². The van der Waals surface area contributed by atoms with Crippen molar-refractivity contribution in [3.63, 3.8) is 0 Å². The van der Waals surface area contributed by atoms with E-state index in [2.05, 4.69) is 54.7 Å². The topological polar surface area (TPSA) is 21.3 Å². The number of benzene rings is 2. The van der Waals surface area contributed by atoms with E-state index in [0.29, 0.717) is 6.04 Å². The van der Waals surface area contributed by atoms with E-state index in [1.807, 2.05) is 12.1 Å². The highest BCUT2D eigenvalue weighted by Gasteiger charge is 2.33. The molecule has 0 aromatic heterocycles. The van der Waals surface area contributed by atoms with Gasteiger partial charge in [0.2, 0.25) is 0 Å². The molecule has 2 aromatic carbocycles. The van der Waals surface area contributed by atoms with Crippen LogP contribution in [-0.2, 0) is 0 Å². The molecular weight excluding hydrogens is 258 g/mol. The highest BCUT2D eigenvalue weighted by atomic mass is 16.5. The Hall–Kier alpha value is -1.80. The Morgan fingerprint density at radius 2 is 1.67 bits per heavy atom. The number of rotatable bonds is 6. The van der Waals surface area contributed by atoms with Gasteiger partial charge in [-0.2, -0.15) is 0 Å². The molecule has 0 saturated heterocycles. The Bertz CT molecular complexity index is 577. The normalized spacial score (nSPS) is 17.2. The van der Waals surface area contributed by atoms with Crippen LogP contribution in [0.15, 0.2) is 54.6 Å². The minimum Gasteiger partial charge on any atom is -0.496 e. The van der Waals surface area contributed by atoms with Crippen molar-refractivity contribution in [2.24, 2.45) is 5.92 Å². The van der Waals surface area contributed by atoms with E-state index in [0.717, 1.165) is 11.7 Å². The van der Waals surface area contributed by atoms with Gasteiger partial charge in [0, 0.05) is 17.6 Å². The van der Waals surface area contributed by atoms with Gasteiger partial charge >= 0.3 is 0 Å². The minimum absolute atomic E-state index is 0.270. The van der Waals surface area contributed by atoms with Crippen molar-refractivity contribution in [3.05, 3.63) is 65.7 Å². The lowest BCUT2D eigenvalue weighted by Gasteiger charge is -2.25. The number of ether oxygens (including phenoxy) is 1. The summed E-state index contributed by atoms with van der Waals surface area (Å²) in [7, 11) is 1.74. The lowest BCUT2D eigenvalue weighted by molar-refractivity contribution is 0.385. The van der Waals surface area contributed by atoms with Gasteiger partial charge in [-0.05, 0) is 37.3 Å². The van der Waals surface area contributed by atoms with Crippen molar-refractivity contribution in [2.45, 2.75) is 31.8 Å². The second-order valence-electron chi connectivity index (χ2n) is 5.86. The van der Waals surface area contributed by atoms with Crippen LogP contribution in [-0.4, -0.2) is 7.11 Å². The first kappa shape index (κ1) is 14.2. The molecule has 21 heavy (non-hydrogen) atoms. The zero-order valence-electron chi connectivity index (χ0n) is 12.8. The minimum atomic E-state index is 0.270. The van der Waals surface area contributed by atoms with Crippen LogP contribution >= 0.6 is 0 Å². The molecule has 2 aromatic rings. The summed E-state index contributed by atoms with van der Waals surface area (Å²) in [5, 5.41) is 3.81. The molecule has 2 heteroatoms. The molecule has 2 atom stereocenters. The fraction of sp³-hybridized carbons (Fsp3) is 0.368. The number of hydrogen-bond donors (Lipinski definition) is 1. The molecule has 1 N–H and O–H groups in total. The summed E-state index contributed by atoms with van der Waals surface area (Å²) in [6, 6.07) is 19.8. The van der Waals surface area contributed by atoms with E-state index >= 15 is 0 Å². The highest BCUT2D eigenvalue weighted by molar-refractivity contribution is 5.36. The van der Waals surface area contributed by atoms with Crippen molar-refractivity contribution >= 4 is 0 Å². The van der Waals surface area contributed by atoms with Gasteiger partial charge in [-0.3, -0.25) is 0 Å². The maximum atomic E-state index is 5.49. The second-order valence-corrected chi connectivity index (χ2v) is 5.86. The van der Waals surface area contributed by atoms with Gasteiger partial charge in [0.15, 0.2) is 0 Å². The Labute approximate surface area is 127 Å². The van der Waals surface area contributed by atoms with E-state index < -0.39 is 0 Å². The van der Waals surface area contributed by atoms with Crippen LogP contribution in [0.3, 0.4) is 0 Å². The van der Waals surface area contributed by atoms with Gasteiger partial charge in [0.1, 0.15) is 5.75 Å². The third kappa shape index (κ3) is 3.27. The van der Waals surface area contributed by atoms with Crippen LogP contribution in [0, 0.1) is 5.92 Å². The first-order valence-corrected chi connectivity index (χ1v) is 7.73. The molecule has 0 bridgehead atoms. The van der Waals surface area contributed by atoms with Gasteiger partial charge in [0.05, 0.1) is 7.11 Å². The van der Waals surface area contributed by atoms with Crippen molar-refractivity contribution in [1.29, 1.82) is 0 Å². The molecule has 0 aliphatic heterocycles. The van der Waals surface area contributed by atoms with Crippen LogP contribution < -0.4 is 10.1 Å². The van der Waals surface area contributed by atoms with Gasteiger partial charge < -0.3 is 10.1 Å². The summed E-state index contributed by atoms with van der Waals surface area (Å²) in [6.45, 7) is 2.22. The number of para-hydroxylation sites is 1. The van der Waals surface area contributed by atoms with Crippen LogP contribution in [0.2, 0.25) is 0 Å². The average Bonchev–Trinajstić information content (AvgIpc) is 3.38.